The van der Waals surface area contributed by atoms with Crippen molar-refractivity contribution in [3.63, 3.8) is 0 Å². The SMILES string of the molecule is C[C@H](O)CNCCC1=CCCCC1. The first-order valence-corrected chi connectivity index (χ1v) is 5.35. The highest BCUT2D eigenvalue weighted by Gasteiger charge is 2.02. The molecule has 0 heterocycles. The smallest absolute Gasteiger partial charge is 0.0636 e. The molecule has 0 fully saturated rings. The summed E-state index contributed by atoms with van der Waals surface area (Å²) in [5, 5.41) is 12.3. The van der Waals surface area contributed by atoms with Crippen molar-refractivity contribution in [3.8, 4) is 0 Å². The molecule has 1 rings (SSSR count). The van der Waals surface area contributed by atoms with Gasteiger partial charge < -0.3 is 10.4 Å². The molecule has 0 aromatic carbocycles. The van der Waals surface area contributed by atoms with Gasteiger partial charge in [-0.1, -0.05) is 11.6 Å². The van der Waals surface area contributed by atoms with Gasteiger partial charge in [0.25, 0.3) is 0 Å². The van der Waals surface area contributed by atoms with Crippen molar-refractivity contribution >= 4 is 0 Å². The molecule has 13 heavy (non-hydrogen) atoms. The van der Waals surface area contributed by atoms with Crippen molar-refractivity contribution in [3.05, 3.63) is 11.6 Å². The van der Waals surface area contributed by atoms with E-state index >= 15 is 0 Å². The molecular weight excluding hydrogens is 162 g/mol. The van der Waals surface area contributed by atoms with Crippen LogP contribution in [0.5, 0.6) is 0 Å². The van der Waals surface area contributed by atoms with Crippen molar-refractivity contribution in [2.24, 2.45) is 0 Å². The zero-order valence-electron chi connectivity index (χ0n) is 8.55. The van der Waals surface area contributed by atoms with Gasteiger partial charge in [0, 0.05) is 6.54 Å². The molecule has 76 valence electrons. The Kier molecular flexibility index (Phi) is 5.09. The van der Waals surface area contributed by atoms with Crippen LogP contribution in [0.25, 0.3) is 0 Å². The van der Waals surface area contributed by atoms with Crippen LogP contribution in [-0.4, -0.2) is 24.3 Å². The van der Waals surface area contributed by atoms with Gasteiger partial charge in [0.2, 0.25) is 0 Å². The second-order valence-corrected chi connectivity index (χ2v) is 3.91. The van der Waals surface area contributed by atoms with Crippen molar-refractivity contribution < 1.29 is 5.11 Å². The lowest BCUT2D eigenvalue weighted by atomic mass is 9.97. The van der Waals surface area contributed by atoms with Crippen LogP contribution < -0.4 is 5.32 Å². The van der Waals surface area contributed by atoms with Crippen LogP contribution in [-0.2, 0) is 0 Å². The summed E-state index contributed by atoms with van der Waals surface area (Å²) in [4.78, 5) is 0. The minimum absolute atomic E-state index is 0.222. The first-order valence-electron chi connectivity index (χ1n) is 5.35. The molecule has 0 spiro atoms. The third-order valence-corrected chi connectivity index (χ3v) is 2.45. The summed E-state index contributed by atoms with van der Waals surface area (Å²) in [6, 6.07) is 0. The molecule has 1 aliphatic rings. The van der Waals surface area contributed by atoms with Gasteiger partial charge in [-0.25, -0.2) is 0 Å². The Hall–Kier alpha value is -0.340. The first-order chi connectivity index (χ1) is 6.29. The molecule has 0 unspecified atom stereocenters. The van der Waals surface area contributed by atoms with Crippen LogP contribution in [0.2, 0.25) is 0 Å². The molecule has 1 aliphatic carbocycles. The Labute approximate surface area is 81.0 Å². The molecule has 0 aromatic rings. The summed E-state index contributed by atoms with van der Waals surface area (Å²) in [5.41, 5.74) is 1.60. The van der Waals surface area contributed by atoms with Crippen LogP contribution in [0.1, 0.15) is 39.0 Å². The monoisotopic (exact) mass is 183 g/mol. The van der Waals surface area contributed by atoms with Crippen LogP contribution >= 0.6 is 0 Å². The molecule has 0 saturated carbocycles. The zero-order valence-corrected chi connectivity index (χ0v) is 8.55. The molecule has 2 N–H and O–H groups in total. The lowest BCUT2D eigenvalue weighted by Crippen LogP contribution is -2.25. The van der Waals surface area contributed by atoms with Crippen molar-refractivity contribution in [1.29, 1.82) is 0 Å². The van der Waals surface area contributed by atoms with E-state index in [1.54, 1.807) is 5.57 Å². The largest absolute Gasteiger partial charge is 0.392 e. The molecule has 1 atom stereocenters. The van der Waals surface area contributed by atoms with Gasteiger partial charge in [-0.3, -0.25) is 0 Å². The number of nitrogens with one attached hydrogen (secondary N) is 1. The van der Waals surface area contributed by atoms with Gasteiger partial charge in [0.15, 0.2) is 0 Å². The fraction of sp³-hybridized carbons (Fsp3) is 0.818. The molecule has 0 radical (unpaired) electrons. The molecule has 2 nitrogen and oxygen atoms in total. The van der Waals surface area contributed by atoms with E-state index in [0.717, 1.165) is 13.0 Å². The number of hydrogen-bond donors (Lipinski definition) is 2. The average molecular weight is 183 g/mol. The van der Waals surface area contributed by atoms with Gasteiger partial charge in [0.1, 0.15) is 0 Å². The molecule has 2 heteroatoms. The van der Waals surface area contributed by atoms with Crippen LogP contribution in [0.15, 0.2) is 11.6 Å². The summed E-state index contributed by atoms with van der Waals surface area (Å²) in [7, 11) is 0. The Morgan fingerprint density at radius 1 is 1.54 bits per heavy atom. The van der Waals surface area contributed by atoms with E-state index in [2.05, 4.69) is 11.4 Å². The normalized spacial score (nSPS) is 19.7. The van der Waals surface area contributed by atoms with E-state index in [9.17, 15) is 0 Å². The number of allylic oxidation sites excluding steroid dienone is 1. The summed E-state index contributed by atoms with van der Waals surface area (Å²) in [6.45, 7) is 3.54. The Morgan fingerprint density at radius 2 is 2.38 bits per heavy atom. The third-order valence-electron chi connectivity index (χ3n) is 2.45. The maximum Gasteiger partial charge on any atom is 0.0636 e. The molecule has 0 bridgehead atoms. The molecular formula is C11H21NO. The minimum atomic E-state index is -0.222. The standard InChI is InChI=1S/C11H21NO/c1-10(13)9-12-8-7-11-5-3-2-4-6-11/h5,10,12-13H,2-4,6-9H2,1H3/t10-/m0/s1. The zero-order chi connectivity index (χ0) is 9.52. The second kappa shape index (κ2) is 6.17. The predicted molar refractivity (Wildman–Crippen MR) is 55.7 cm³/mol. The maximum atomic E-state index is 9.01. The van der Waals surface area contributed by atoms with Crippen molar-refractivity contribution in [1.82, 2.24) is 5.32 Å². The van der Waals surface area contributed by atoms with E-state index < -0.39 is 0 Å². The number of hydrogen-bond acceptors (Lipinski definition) is 2. The number of rotatable bonds is 5. The Morgan fingerprint density at radius 3 is 3.00 bits per heavy atom. The van der Waals surface area contributed by atoms with Crippen molar-refractivity contribution in [2.45, 2.75) is 45.1 Å². The van der Waals surface area contributed by atoms with Crippen molar-refractivity contribution in [2.75, 3.05) is 13.1 Å². The highest BCUT2D eigenvalue weighted by atomic mass is 16.3. The fourth-order valence-corrected chi connectivity index (χ4v) is 1.69. The van der Waals surface area contributed by atoms with Gasteiger partial charge in [-0.05, 0) is 45.6 Å². The Balaban J connectivity index is 2.01. The highest BCUT2D eigenvalue weighted by molar-refractivity contribution is 5.05. The van der Waals surface area contributed by atoms with Crippen LogP contribution in [0.4, 0.5) is 0 Å². The van der Waals surface area contributed by atoms with E-state index in [1.807, 2.05) is 6.92 Å². The topological polar surface area (TPSA) is 32.3 Å². The highest BCUT2D eigenvalue weighted by Crippen LogP contribution is 2.19. The number of aliphatic hydroxyl groups is 1. The second-order valence-electron chi connectivity index (χ2n) is 3.91. The van der Waals surface area contributed by atoms with E-state index in [4.69, 9.17) is 5.11 Å². The number of aliphatic hydroxyl groups excluding tert-OH is 1. The van der Waals surface area contributed by atoms with Crippen LogP contribution in [0, 0.1) is 0 Å². The van der Waals surface area contributed by atoms with Gasteiger partial charge in [-0.15, -0.1) is 0 Å². The third kappa shape index (κ3) is 5.06. The van der Waals surface area contributed by atoms with Gasteiger partial charge >= 0.3 is 0 Å². The summed E-state index contributed by atoms with van der Waals surface area (Å²) in [6.07, 6.45) is 8.61. The Bertz CT molecular complexity index is 163. The quantitative estimate of drug-likeness (QED) is 0.503. The molecule has 0 amide bonds. The molecule has 0 aromatic heterocycles. The lowest BCUT2D eigenvalue weighted by Gasteiger charge is -2.13. The summed E-state index contributed by atoms with van der Waals surface area (Å²) in [5.74, 6) is 0. The van der Waals surface area contributed by atoms with E-state index in [1.165, 1.54) is 25.7 Å². The summed E-state index contributed by atoms with van der Waals surface area (Å²) >= 11 is 0. The van der Waals surface area contributed by atoms with Gasteiger partial charge in [-0.2, -0.15) is 0 Å². The maximum absolute atomic E-state index is 9.01. The minimum Gasteiger partial charge on any atom is -0.392 e. The lowest BCUT2D eigenvalue weighted by molar-refractivity contribution is 0.191. The van der Waals surface area contributed by atoms with Gasteiger partial charge in [0.05, 0.1) is 6.10 Å². The molecule has 0 saturated heterocycles. The first kappa shape index (κ1) is 10.7. The van der Waals surface area contributed by atoms with E-state index in [-0.39, 0.29) is 6.10 Å². The van der Waals surface area contributed by atoms with Crippen LogP contribution in [0.3, 0.4) is 0 Å². The fourth-order valence-electron chi connectivity index (χ4n) is 1.69. The average Bonchev–Trinajstić information content (AvgIpc) is 2.14. The summed E-state index contributed by atoms with van der Waals surface area (Å²) < 4.78 is 0. The van der Waals surface area contributed by atoms with E-state index in [0.29, 0.717) is 6.54 Å². The predicted octanol–water partition coefficient (Wildman–Crippen LogP) is 1.85. The molecule has 0 aliphatic heterocycles.